The maximum Gasteiger partial charge on any atom is 0.259 e. The zero-order chi connectivity index (χ0) is 18.7. The highest BCUT2D eigenvalue weighted by atomic mass is 35.5. The van der Waals surface area contributed by atoms with E-state index >= 15 is 0 Å². The van der Waals surface area contributed by atoms with Crippen molar-refractivity contribution in [1.82, 2.24) is 9.78 Å². The maximum absolute atomic E-state index is 13.8. The number of carbonyl (C=O) groups is 1. The highest BCUT2D eigenvalue weighted by Crippen LogP contribution is 2.23. The van der Waals surface area contributed by atoms with Gasteiger partial charge in [0, 0.05) is 16.8 Å². The Balaban J connectivity index is 1.89. The van der Waals surface area contributed by atoms with Crippen LogP contribution in [-0.4, -0.2) is 22.8 Å². The van der Waals surface area contributed by atoms with Crippen molar-refractivity contribution < 1.29 is 13.9 Å². The number of nitrogens with zero attached hydrogens (tertiary/aromatic N) is 2. The first-order valence-electron chi connectivity index (χ1n) is 8.01. The van der Waals surface area contributed by atoms with Gasteiger partial charge in [0.2, 0.25) is 0 Å². The van der Waals surface area contributed by atoms with Crippen LogP contribution in [0, 0.1) is 5.82 Å². The zero-order valence-corrected chi connectivity index (χ0v) is 15.0. The normalized spacial score (nSPS) is 10.6. The van der Waals surface area contributed by atoms with E-state index in [1.807, 2.05) is 19.1 Å². The number of hydrogen-bond donors (Lipinski definition) is 1. The van der Waals surface area contributed by atoms with Gasteiger partial charge in [-0.3, -0.25) is 4.79 Å². The summed E-state index contributed by atoms with van der Waals surface area (Å²) in [6.45, 7) is 1.93. The Morgan fingerprint density at radius 3 is 2.77 bits per heavy atom. The third kappa shape index (κ3) is 3.55. The molecule has 3 rings (SSSR count). The molecule has 134 valence electrons. The van der Waals surface area contributed by atoms with Crippen molar-refractivity contribution in [2.45, 2.75) is 13.3 Å². The quantitative estimate of drug-likeness (QED) is 0.717. The Labute approximate surface area is 155 Å². The molecule has 0 fully saturated rings. The molecule has 0 aliphatic heterocycles. The molecule has 0 atom stereocenters. The van der Waals surface area contributed by atoms with E-state index in [1.54, 1.807) is 22.9 Å². The molecule has 0 aliphatic rings. The van der Waals surface area contributed by atoms with Crippen LogP contribution in [0.15, 0.2) is 48.7 Å². The summed E-state index contributed by atoms with van der Waals surface area (Å²) in [6, 6.07) is 11.5. The van der Waals surface area contributed by atoms with Gasteiger partial charge in [0.25, 0.3) is 5.91 Å². The number of amides is 1. The number of ether oxygens (including phenoxy) is 1. The first-order chi connectivity index (χ1) is 12.5. The Bertz CT molecular complexity index is 956. The first kappa shape index (κ1) is 17.9. The molecule has 0 unspecified atom stereocenters. The van der Waals surface area contributed by atoms with E-state index < -0.39 is 5.82 Å². The lowest BCUT2D eigenvalue weighted by molar-refractivity contribution is 0.102. The molecule has 0 saturated carbocycles. The number of hydrogen-bond acceptors (Lipinski definition) is 3. The standard InChI is InChI=1S/C19H17ClFN3O2/c1-3-17-15(11-22-24(17)14-6-4-5-12(20)9-14)19(25)23-13-7-8-18(26-2)16(21)10-13/h4-11H,3H2,1-2H3,(H,23,25). The van der Waals surface area contributed by atoms with E-state index in [-0.39, 0.29) is 11.7 Å². The van der Waals surface area contributed by atoms with Gasteiger partial charge in [0.1, 0.15) is 0 Å². The van der Waals surface area contributed by atoms with Crippen molar-refractivity contribution in [3.05, 3.63) is 70.8 Å². The third-order valence-electron chi connectivity index (χ3n) is 3.91. The topological polar surface area (TPSA) is 56.1 Å². The van der Waals surface area contributed by atoms with Crippen LogP contribution in [-0.2, 0) is 6.42 Å². The monoisotopic (exact) mass is 373 g/mol. The van der Waals surface area contributed by atoms with Crippen LogP contribution >= 0.6 is 11.6 Å². The van der Waals surface area contributed by atoms with Crippen molar-refractivity contribution in [2.75, 3.05) is 12.4 Å². The highest BCUT2D eigenvalue weighted by Gasteiger charge is 2.18. The molecule has 2 aromatic carbocycles. The molecule has 5 nitrogen and oxygen atoms in total. The van der Waals surface area contributed by atoms with Crippen LogP contribution in [0.5, 0.6) is 5.75 Å². The third-order valence-corrected chi connectivity index (χ3v) is 4.15. The van der Waals surface area contributed by atoms with Crippen molar-refractivity contribution in [3.63, 3.8) is 0 Å². The van der Waals surface area contributed by atoms with Crippen LogP contribution in [0.3, 0.4) is 0 Å². The second-order valence-electron chi connectivity index (χ2n) is 5.55. The summed E-state index contributed by atoms with van der Waals surface area (Å²) in [5.74, 6) is -0.790. The van der Waals surface area contributed by atoms with Crippen LogP contribution in [0.4, 0.5) is 10.1 Å². The minimum Gasteiger partial charge on any atom is -0.494 e. The van der Waals surface area contributed by atoms with E-state index in [9.17, 15) is 9.18 Å². The highest BCUT2D eigenvalue weighted by molar-refractivity contribution is 6.30. The largest absolute Gasteiger partial charge is 0.494 e. The Morgan fingerprint density at radius 1 is 1.31 bits per heavy atom. The predicted molar refractivity (Wildman–Crippen MR) is 98.9 cm³/mol. The summed E-state index contributed by atoms with van der Waals surface area (Å²) in [5.41, 5.74) is 2.26. The minimum absolute atomic E-state index is 0.117. The molecule has 1 amide bonds. The van der Waals surface area contributed by atoms with Gasteiger partial charge in [-0.05, 0) is 36.8 Å². The summed E-state index contributed by atoms with van der Waals surface area (Å²) in [6.07, 6.45) is 2.08. The van der Waals surface area contributed by atoms with E-state index in [2.05, 4.69) is 10.4 Å². The number of nitrogens with one attached hydrogen (secondary N) is 1. The molecule has 0 bridgehead atoms. The zero-order valence-electron chi connectivity index (χ0n) is 14.3. The number of anilines is 1. The number of methoxy groups -OCH3 is 1. The van der Waals surface area contributed by atoms with Crippen molar-refractivity contribution in [2.24, 2.45) is 0 Å². The van der Waals surface area contributed by atoms with Gasteiger partial charge >= 0.3 is 0 Å². The van der Waals surface area contributed by atoms with Gasteiger partial charge < -0.3 is 10.1 Å². The fraction of sp³-hybridized carbons (Fsp3) is 0.158. The summed E-state index contributed by atoms with van der Waals surface area (Å²) < 4.78 is 20.4. The molecule has 7 heteroatoms. The van der Waals surface area contributed by atoms with Gasteiger partial charge in [-0.2, -0.15) is 5.10 Å². The van der Waals surface area contributed by atoms with Gasteiger partial charge in [0.05, 0.1) is 30.3 Å². The summed E-state index contributed by atoms with van der Waals surface area (Å²) in [7, 11) is 1.38. The van der Waals surface area contributed by atoms with Gasteiger partial charge in [-0.15, -0.1) is 0 Å². The second kappa shape index (κ2) is 7.58. The van der Waals surface area contributed by atoms with Crippen LogP contribution in [0.25, 0.3) is 5.69 Å². The van der Waals surface area contributed by atoms with E-state index in [1.165, 1.54) is 25.4 Å². The molecule has 0 saturated heterocycles. The SMILES string of the molecule is CCc1c(C(=O)Nc2ccc(OC)c(F)c2)cnn1-c1cccc(Cl)c1. The average molecular weight is 374 g/mol. The van der Waals surface area contributed by atoms with Gasteiger partial charge in [-0.1, -0.05) is 24.6 Å². The van der Waals surface area contributed by atoms with E-state index in [0.717, 1.165) is 11.4 Å². The lowest BCUT2D eigenvalue weighted by atomic mass is 10.1. The number of rotatable bonds is 5. The fourth-order valence-electron chi connectivity index (χ4n) is 2.68. The molecular weight excluding hydrogens is 357 g/mol. The second-order valence-corrected chi connectivity index (χ2v) is 5.99. The average Bonchev–Trinajstić information content (AvgIpc) is 3.06. The molecule has 1 heterocycles. The molecule has 0 aliphatic carbocycles. The number of carbonyl (C=O) groups excluding carboxylic acids is 1. The number of halogens is 2. The smallest absolute Gasteiger partial charge is 0.259 e. The van der Waals surface area contributed by atoms with Gasteiger partial charge in [-0.25, -0.2) is 9.07 Å². The van der Waals surface area contributed by atoms with E-state index in [4.69, 9.17) is 16.3 Å². The van der Waals surface area contributed by atoms with Crippen LogP contribution < -0.4 is 10.1 Å². The summed E-state index contributed by atoms with van der Waals surface area (Å²) in [4.78, 5) is 12.6. The van der Waals surface area contributed by atoms with Crippen LogP contribution in [0.2, 0.25) is 5.02 Å². The Morgan fingerprint density at radius 2 is 2.12 bits per heavy atom. The molecule has 1 aromatic heterocycles. The molecule has 0 radical (unpaired) electrons. The van der Waals surface area contributed by atoms with Crippen molar-refractivity contribution in [1.29, 1.82) is 0 Å². The number of benzene rings is 2. The molecule has 1 N–H and O–H groups in total. The number of aromatic nitrogens is 2. The predicted octanol–water partition coefficient (Wildman–Crippen LogP) is 4.49. The van der Waals surface area contributed by atoms with Crippen molar-refractivity contribution in [3.8, 4) is 11.4 Å². The van der Waals surface area contributed by atoms with Gasteiger partial charge in [0.15, 0.2) is 11.6 Å². The Kier molecular flexibility index (Phi) is 5.23. The minimum atomic E-state index is -0.546. The Hall–Kier alpha value is -2.86. The molecule has 26 heavy (non-hydrogen) atoms. The molecule has 3 aromatic rings. The lowest BCUT2D eigenvalue weighted by Crippen LogP contribution is -2.14. The fourth-order valence-corrected chi connectivity index (χ4v) is 2.86. The van der Waals surface area contributed by atoms with Crippen molar-refractivity contribution >= 4 is 23.2 Å². The lowest BCUT2D eigenvalue weighted by Gasteiger charge is -2.09. The molecular formula is C19H17ClFN3O2. The first-order valence-corrected chi connectivity index (χ1v) is 8.39. The summed E-state index contributed by atoms with van der Waals surface area (Å²) in [5, 5.41) is 7.58. The summed E-state index contributed by atoms with van der Waals surface area (Å²) >= 11 is 6.04. The molecule has 0 spiro atoms. The maximum atomic E-state index is 13.8. The van der Waals surface area contributed by atoms with E-state index in [0.29, 0.717) is 22.7 Å². The van der Waals surface area contributed by atoms with Crippen LogP contribution in [0.1, 0.15) is 23.0 Å².